The molecule has 0 spiro atoms. The third kappa shape index (κ3) is 5.22. The molecule has 0 heterocycles. The number of methoxy groups -OCH3 is 1. The molecule has 4 heteroatoms. The van der Waals surface area contributed by atoms with Crippen LogP contribution in [-0.2, 0) is 11.3 Å². The lowest BCUT2D eigenvalue weighted by molar-refractivity contribution is -0.115. The SMILES string of the molecule is COc1cccc(C=C(C(=O)NCc2ccc(Cl)cc2)c2ccccc2)c1. The van der Waals surface area contributed by atoms with Gasteiger partial charge in [-0.1, -0.05) is 66.2 Å². The van der Waals surface area contributed by atoms with E-state index in [-0.39, 0.29) is 5.91 Å². The first-order valence-corrected chi connectivity index (χ1v) is 8.97. The van der Waals surface area contributed by atoms with Crippen LogP contribution in [0.1, 0.15) is 16.7 Å². The Labute approximate surface area is 164 Å². The van der Waals surface area contributed by atoms with Gasteiger partial charge in [-0.3, -0.25) is 4.79 Å². The van der Waals surface area contributed by atoms with Crippen molar-refractivity contribution in [3.63, 3.8) is 0 Å². The Balaban J connectivity index is 1.86. The van der Waals surface area contributed by atoms with Crippen LogP contribution in [0.25, 0.3) is 11.6 Å². The molecule has 3 aromatic carbocycles. The number of hydrogen-bond acceptors (Lipinski definition) is 2. The van der Waals surface area contributed by atoms with Crippen LogP contribution in [0.15, 0.2) is 78.9 Å². The maximum atomic E-state index is 12.9. The van der Waals surface area contributed by atoms with Gasteiger partial charge in [0, 0.05) is 17.1 Å². The molecule has 3 aromatic rings. The number of rotatable bonds is 6. The fourth-order valence-corrected chi connectivity index (χ4v) is 2.80. The molecular weight excluding hydrogens is 358 g/mol. The number of halogens is 1. The first kappa shape index (κ1) is 18.7. The fourth-order valence-electron chi connectivity index (χ4n) is 2.68. The topological polar surface area (TPSA) is 38.3 Å². The number of carbonyl (C=O) groups excluding carboxylic acids is 1. The van der Waals surface area contributed by atoms with Gasteiger partial charge in [0.05, 0.1) is 7.11 Å². The highest BCUT2D eigenvalue weighted by molar-refractivity contribution is 6.30. The number of carbonyl (C=O) groups is 1. The molecule has 0 saturated carbocycles. The highest BCUT2D eigenvalue weighted by Gasteiger charge is 2.12. The van der Waals surface area contributed by atoms with E-state index in [1.165, 1.54) is 0 Å². The summed E-state index contributed by atoms with van der Waals surface area (Å²) < 4.78 is 5.28. The highest BCUT2D eigenvalue weighted by Crippen LogP contribution is 2.21. The first-order valence-electron chi connectivity index (χ1n) is 8.59. The van der Waals surface area contributed by atoms with Crippen molar-refractivity contribution in [3.05, 3.63) is 101 Å². The zero-order valence-corrected chi connectivity index (χ0v) is 15.7. The summed E-state index contributed by atoms with van der Waals surface area (Å²) in [5.74, 6) is 0.608. The monoisotopic (exact) mass is 377 g/mol. The number of nitrogens with one attached hydrogen (secondary N) is 1. The molecule has 0 bridgehead atoms. The standard InChI is InChI=1S/C23H20ClNO2/c1-27-21-9-5-6-18(14-21)15-22(19-7-3-2-4-8-19)23(26)25-16-17-10-12-20(24)13-11-17/h2-15H,16H2,1H3,(H,25,26). The molecule has 0 radical (unpaired) electrons. The molecule has 3 nitrogen and oxygen atoms in total. The number of hydrogen-bond donors (Lipinski definition) is 1. The molecular formula is C23H20ClNO2. The molecule has 27 heavy (non-hydrogen) atoms. The summed E-state index contributed by atoms with van der Waals surface area (Å²) in [6.45, 7) is 0.429. The third-order valence-corrected chi connectivity index (χ3v) is 4.35. The molecule has 0 aliphatic carbocycles. The molecule has 0 unspecified atom stereocenters. The maximum Gasteiger partial charge on any atom is 0.252 e. The van der Waals surface area contributed by atoms with Crippen molar-refractivity contribution in [2.24, 2.45) is 0 Å². The summed E-state index contributed by atoms with van der Waals surface area (Å²) in [4.78, 5) is 12.9. The second kappa shape index (κ2) is 9.06. The maximum absolute atomic E-state index is 12.9. The molecule has 1 amide bonds. The Morgan fingerprint density at radius 1 is 1.00 bits per heavy atom. The molecule has 0 aromatic heterocycles. The molecule has 0 atom stereocenters. The normalized spacial score (nSPS) is 11.1. The fraction of sp³-hybridized carbons (Fsp3) is 0.0870. The van der Waals surface area contributed by atoms with Crippen LogP contribution in [0.2, 0.25) is 5.02 Å². The number of amides is 1. The van der Waals surface area contributed by atoms with Gasteiger partial charge in [0.25, 0.3) is 5.91 Å². The van der Waals surface area contributed by atoms with E-state index in [0.29, 0.717) is 17.1 Å². The van der Waals surface area contributed by atoms with E-state index in [2.05, 4.69) is 5.32 Å². The minimum Gasteiger partial charge on any atom is -0.497 e. The Hall–Kier alpha value is -3.04. The zero-order chi connectivity index (χ0) is 19.1. The van der Waals surface area contributed by atoms with Crippen LogP contribution < -0.4 is 10.1 Å². The average Bonchev–Trinajstić information content (AvgIpc) is 2.72. The average molecular weight is 378 g/mol. The Morgan fingerprint density at radius 3 is 2.44 bits per heavy atom. The van der Waals surface area contributed by atoms with Crippen LogP contribution in [0.4, 0.5) is 0 Å². The molecule has 3 rings (SSSR count). The summed E-state index contributed by atoms with van der Waals surface area (Å²) in [6, 6.07) is 24.7. The van der Waals surface area contributed by atoms with E-state index >= 15 is 0 Å². The Bertz CT molecular complexity index is 934. The quantitative estimate of drug-likeness (QED) is 0.473. The lowest BCUT2D eigenvalue weighted by atomic mass is 10.0. The van der Waals surface area contributed by atoms with Gasteiger partial charge >= 0.3 is 0 Å². The first-order chi connectivity index (χ1) is 13.2. The van der Waals surface area contributed by atoms with E-state index in [0.717, 1.165) is 22.4 Å². The van der Waals surface area contributed by atoms with Gasteiger partial charge in [-0.05, 0) is 47.0 Å². The van der Waals surface area contributed by atoms with E-state index < -0.39 is 0 Å². The smallest absolute Gasteiger partial charge is 0.252 e. The molecule has 0 fully saturated rings. The van der Waals surface area contributed by atoms with Crippen molar-refractivity contribution in [2.75, 3.05) is 7.11 Å². The van der Waals surface area contributed by atoms with Gasteiger partial charge in [0.15, 0.2) is 0 Å². The summed E-state index contributed by atoms with van der Waals surface area (Å²) in [6.07, 6.45) is 1.87. The van der Waals surface area contributed by atoms with Crippen molar-refractivity contribution in [1.82, 2.24) is 5.32 Å². The zero-order valence-electron chi connectivity index (χ0n) is 15.0. The van der Waals surface area contributed by atoms with Gasteiger partial charge in [-0.2, -0.15) is 0 Å². The lowest BCUT2D eigenvalue weighted by Gasteiger charge is -2.10. The largest absolute Gasteiger partial charge is 0.497 e. The van der Waals surface area contributed by atoms with Crippen LogP contribution in [0.5, 0.6) is 5.75 Å². The van der Waals surface area contributed by atoms with Crippen LogP contribution in [0, 0.1) is 0 Å². The van der Waals surface area contributed by atoms with E-state index in [1.54, 1.807) is 7.11 Å². The van der Waals surface area contributed by atoms with E-state index in [1.807, 2.05) is 84.9 Å². The lowest BCUT2D eigenvalue weighted by Crippen LogP contribution is -2.23. The number of benzene rings is 3. The van der Waals surface area contributed by atoms with Crippen molar-refractivity contribution in [3.8, 4) is 5.75 Å². The molecule has 0 aliphatic heterocycles. The predicted molar refractivity (Wildman–Crippen MR) is 111 cm³/mol. The van der Waals surface area contributed by atoms with Gasteiger partial charge in [-0.25, -0.2) is 0 Å². The second-order valence-electron chi connectivity index (χ2n) is 6.01. The van der Waals surface area contributed by atoms with Gasteiger partial charge < -0.3 is 10.1 Å². The minimum atomic E-state index is -0.140. The summed E-state index contributed by atoms with van der Waals surface area (Å²) in [5.41, 5.74) is 3.34. The van der Waals surface area contributed by atoms with Crippen molar-refractivity contribution in [1.29, 1.82) is 0 Å². The van der Waals surface area contributed by atoms with E-state index in [9.17, 15) is 4.79 Å². The molecule has 0 aliphatic rings. The van der Waals surface area contributed by atoms with Gasteiger partial charge in [0.1, 0.15) is 5.75 Å². The molecule has 0 saturated heterocycles. The Kier molecular flexibility index (Phi) is 6.29. The summed E-state index contributed by atoms with van der Waals surface area (Å²) >= 11 is 5.91. The Morgan fingerprint density at radius 2 is 1.74 bits per heavy atom. The second-order valence-corrected chi connectivity index (χ2v) is 6.45. The van der Waals surface area contributed by atoms with Crippen LogP contribution >= 0.6 is 11.6 Å². The van der Waals surface area contributed by atoms with Crippen LogP contribution in [-0.4, -0.2) is 13.0 Å². The van der Waals surface area contributed by atoms with Gasteiger partial charge in [-0.15, -0.1) is 0 Å². The third-order valence-electron chi connectivity index (χ3n) is 4.10. The minimum absolute atomic E-state index is 0.140. The van der Waals surface area contributed by atoms with E-state index in [4.69, 9.17) is 16.3 Å². The predicted octanol–water partition coefficient (Wildman–Crippen LogP) is 5.21. The molecule has 136 valence electrons. The van der Waals surface area contributed by atoms with Gasteiger partial charge in [0.2, 0.25) is 0 Å². The molecule has 1 N–H and O–H groups in total. The summed E-state index contributed by atoms with van der Waals surface area (Å²) in [7, 11) is 1.62. The van der Waals surface area contributed by atoms with Crippen molar-refractivity contribution in [2.45, 2.75) is 6.54 Å². The highest BCUT2D eigenvalue weighted by atomic mass is 35.5. The van der Waals surface area contributed by atoms with Crippen LogP contribution in [0.3, 0.4) is 0 Å². The summed E-state index contributed by atoms with van der Waals surface area (Å²) in [5, 5.41) is 3.66. The van der Waals surface area contributed by atoms with Crippen molar-refractivity contribution < 1.29 is 9.53 Å². The van der Waals surface area contributed by atoms with Crippen molar-refractivity contribution >= 4 is 29.2 Å². The number of ether oxygens (including phenoxy) is 1.